The van der Waals surface area contributed by atoms with Crippen LogP contribution in [0.15, 0.2) is 66.7 Å². The molecule has 0 radical (unpaired) electrons. The molecule has 0 aromatic heterocycles. The maximum atomic E-state index is 12.9. The summed E-state index contributed by atoms with van der Waals surface area (Å²) in [6.07, 6.45) is 0. The number of anilines is 3. The molecular weight excluding hydrogens is 422 g/mol. The molecule has 8 nitrogen and oxygen atoms in total. The highest BCUT2D eigenvalue weighted by atomic mass is 16.5. The third-order valence-electron chi connectivity index (χ3n) is 4.84. The zero-order valence-electron chi connectivity index (χ0n) is 18.6. The Hall–Kier alpha value is -4.33. The number of rotatable bonds is 9. The molecule has 0 saturated carbocycles. The lowest BCUT2D eigenvalue weighted by molar-refractivity contribution is -0.114. The van der Waals surface area contributed by atoms with Crippen LogP contribution in [0.3, 0.4) is 0 Å². The minimum atomic E-state index is -0.359. The first-order valence-electron chi connectivity index (χ1n) is 10.2. The second-order valence-electron chi connectivity index (χ2n) is 7.10. The predicted molar refractivity (Wildman–Crippen MR) is 128 cm³/mol. The Kier molecular flexibility index (Phi) is 7.64. The average Bonchev–Trinajstić information content (AvgIpc) is 2.83. The Balaban J connectivity index is 1.66. The molecular formula is C25H25N3O5. The number of hydrogen-bond donors (Lipinski definition) is 3. The quantitative estimate of drug-likeness (QED) is 0.425. The Morgan fingerprint density at radius 2 is 1.55 bits per heavy atom. The highest BCUT2D eigenvalue weighted by molar-refractivity contribution is 6.09. The summed E-state index contributed by atoms with van der Waals surface area (Å²) in [7, 11) is 3.05. The van der Waals surface area contributed by atoms with Gasteiger partial charge in [-0.3, -0.25) is 14.4 Å². The van der Waals surface area contributed by atoms with E-state index in [1.807, 2.05) is 0 Å². The van der Waals surface area contributed by atoms with E-state index >= 15 is 0 Å². The number of para-hydroxylation sites is 1. The Bertz CT molecular complexity index is 1160. The molecule has 0 heterocycles. The first kappa shape index (κ1) is 23.3. The topological polar surface area (TPSA) is 106 Å². The standard InChI is InChI=1S/C25H25N3O5/c1-16(29)17-8-10-18(11-9-17)27-24(30)15-26-21-7-5-4-6-20(21)25(31)28-22-13-12-19(32-2)14-23(22)33-3/h4-14,26H,15H2,1-3H3,(H,27,30)(H,28,31). The van der Waals surface area contributed by atoms with Crippen LogP contribution >= 0.6 is 0 Å². The van der Waals surface area contributed by atoms with E-state index in [2.05, 4.69) is 16.0 Å². The number of amides is 2. The van der Waals surface area contributed by atoms with Gasteiger partial charge in [-0.15, -0.1) is 0 Å². The molecule has 0 saturated heterocycles. The fraction of sp³-hybridized carbons (Fsp3) is 0.160. The number of carbonyl (C=O) groups excluding carboxylic acids is 3. The molecule has 0 unspecified atom stereocenters. The van der Waals surface area contributed by atoms with E-state index in [0.717, 1.165) is 0 Å². The van der Waals surface area contributed by atoms with Crippen LogP contribution in [-0.2, 0) is 4.79 Å². The van der Waals surface area contributed by atoms with E-state index in [9.17, 15) is 14.4 Å². The minimum absolute atomic E-state index is 0.0447. The van der Waals surface area contributed by atoms with Crippen molar-refractivity contribution in [2.24, 2.45) is 0 Å². The molecule has 2 amide bonds. The van der Waals surface area contributed by atoms with Gasteiger partial charge in [0.2, 0.25) is 5.91 Å². The van der Waals surface area contributed by atoms with E-state index in [0.29, 0.717) is 39.7 Å². The van der Waals surface area contributed by atoms with Crippen LogP contribution in [0.1, 0.15) is 27.6 Å². The van der Waals surface area contributed by atoms with Crippen LogP contribution in [0.25, 0.3) is 0 Å². The second-order valence-corrected chi connectivity index (χ2v) is 7.10. The Morgan fingerprint density at radius 1 is 0.818 bits per heavy atom. The summed E-state index contributed by atoms with van der Waals surface area (Å²) in [5, 5.41) is 8.57. The number of ether oxygens (including phenoxy) is 2. The molecule has 3 rings (SSSR count). The van der Waals surface area contributed by atoms with Crippen molar-refractivity contribution in [2.45, 2.75) is 6.92 Å². The molecule has 170 valence electrons. The molecule has 0 aliphatic rings. The van der Waals surface area contributed by atoms with Gasteiger partial charge in [0, 0.05) is 23.0 Å². The van der Waals surface area contributed by atoms with Gasteiger partial charge in [-0.2, -0.15) is 0 Å². The number of hydrogen-bond acceptors (Lipinski definition) is 6. The summed E-state index contributed by atoms with van der Waals surface area (Å²) >= 11 is 0. The fourth-order valence-corrected chi connectivity index (χ4v) is 3.10. The van der Waals surface area contributed by atoms with E-state index in [-0.39, 0.29) is 24.1 Å². The van der Waals surface area contributed by atoms with Crippen LogP contribution in [0, 0.1) is 0 Å². The molecule has 33 heavy (non-hydrogen) atoms. The minimum Gasteiger partial charge on any atom is -0.497 e. The third kappa shape index (κ3) is 6.10. The van der Waals surface area contributed by atoms with Crippen LogP contribution in [0.5, 0.6) is 11.5 Å². The van der Waals surface area contributed by atoms with Crippen molar-refractivity contribution >= 4 is 34.7 Å². The summed E-state index contributed by atoms with van der Waals surface area (Å²) in [5.41, 5.74) is 2.51. The van der Waals surface area contributed by atoms with E-state index in [4.69, 9.17) is 9.47 Å². The average molecular weight is 447 g/mol. The van der Waals surface area contributed by atoms with Crippen molar-refractivity contribution < 1.29 is 23.9 Å². The lowest BCUT2D eigenvalue weighted by Crippen LogP contribution is -2.23. The van der Waals surface area contributed by atoms with E-state index in [1.54, 1.807) is 73.8 Å². The maximum Gasteiger partial charge on any atom is 0.257 e. The highest BCUT2D eigenvalue weighted by Crippen LogP contribution is 2.30. The maximum absolute atomic E-state index is 12.9. The summed E-state index contributed by atoms with van der Waals surface area (Å²) in [6.45, 7) is 1.43. The smallest absolute Gasteiger partial charge is 0.257 e. The van der Waals surface area contributed by atoms with Gasteiger partial charge in [-0.1, -0.05) is 12.1 Å². The summed E-state index contributed by atoms with van der Waals surface area (Å²) in [5.74, 6) is 0.369. The Labute approximate surface area is 191 Å². The Morgan fingerprint density at radius 3 is 2.21 bits per heavy atom. The third-order valence-corrected chi connectivity index (χ3v) is 4.84. The van der Waals surface area contributed by atoms with Crippen LogP contribution in [0.4, 0.5) is 17.1 Å². The van der Waals surface area contributed by atoms with Gasteiger partial charge in [0.15, 0.2) is 5.78 Å². The van der Waals surface area contributed by atoms with E-state index in [1.165, 1.54) is 14.0 Å². The number of benzene rings is 3. The van der Waals surface area contributed by atoms with Crippen molar-refractivity contribution in [2.75, 3.05) is 36.7 Å². The van der Waals surface area contributed by atoms with Crippen LogP contribution < -0.4 is 25.4 Å². The SMILES string of the molecule is COc1ccc(NC(=O)c2ccccc2NCC(=O)Nc2ccc(C(C)=O)cc2)c(OC)c1. The normalized spacial score (nSPS) is 10.2. The zero-order valence-corrected chi connectivity index (χ0v) is 18.6. The molecule has 8 heteroatoms. The van der Waals surface area contributed by atoms with Crippen LogP contribution in [-0.4, -0.2) is 38.4 Å². The van der Waals surface area contributed by atoms with Crippen LogP contribution in [0.2, 0.25) is 0 Å². The lowest BCUT2D eigenvalue weighted by atomic mass is 10.1. The van der Waals surface area contributed by atoms with Gasteiger partial charge in [0.1, 0.15) is 11.5 Å². The monoisotopic (exact) mass is 447 g/mol. The summed E-state index contributed by atoms with van der Waals surface area (Å²) in [4.78, 5) is 36.6. The molecule has 0 aliphatic carbocycles. The van der Waals surface area contributed by atoms with Gasteiger partial charge in [-0.25, -0.2) is 0 Å². The fourth-order valence-electron chi connectivity index (χ4n) is 3.10. The van der Waals surface area contributed by atoms with Crippen molar-refractivity contribution in [3.05, 3.63) is 77.9 Å². The number of ketones is 1. The largest absolute Gasteiger partial charge is 0.497 e. The molecule has 0 spiro atoms. The van der Waals surface area contributed by atoms with Crippen molar-refractivity contribution in [1.29, 1.82) is 0 Å². The number of methoxy groups -OCH3 is 2. The lowest BCUT2D eigenvalue weighted by Gasteiger charge is -2.14. The summed E-state index contributed by atoms with van der Waals surface area (Å²) < 4.78 is 10.5. The van der Waals surface area contributed by atoms with Gasteiger partial charge >= 0.3 is 0 Å². The van der Waals surface area contributed by atoms with E-state index < -0.39 is 0 Å². The van der Waals surface area contributed by atoms with Gasteiger partial charge < -0.3 is 25.4 Å². The number of Topliss-reactive ketones (excluding diaryl/α,β-unsaturated/α-hetero) is 1. The molecule has 0 bridgehead atoms. The predicted octanol–water partition coefficient (Wildman–Crippen LogP) is 4.21. The van der Waals surface area contributed by atoms with Crippen molar-refractivity contribution in [3.8, 4) is 11.5 Å². The molecule has 0 atom stereocenters. The highest BCUT2D eigenvalue weighted by Gasteiger charge is 2.15. The number of carbonyl (C=O) groups is 3. The zero-order chi connectivity index (χ0) is 23.8. The summed E-state index contributed by atoms with van der Waals surface area (Å²) in [6, 6.07) is 18.6. The molecule has 0 fully saturated rings. The first-order valence-corrected chi connectivity index (χ1v) is 10.2. The van der Waals surface area contributed by atoms with Crippen molar-refractivity contribution in [1.82, 2.24) is 0 Å². The molecule has 3 aromatic rings. The van der Waals surface area contributed by atoms with Gasteiger partial charge in [0.25, 0.3) is 5.91 Å². The van der Waals surface area contributed by atoms with Gasteiger partial charge in [0.05, 0.1) is 32.0 Å². The van der Waals surface area contributed by atoms with Gasteiger partial charge in [-0.05, 0) is 55.5 Å². The second kappa shape index (κ2) is 10.8. The molecule has 3 N–H and O–H groups in total. The molecule has 3 aromatic carbocycles. The number of nitrogens with one attached hydrogen (secondary N) is 3. The van der Waals surface area contributed by atoms with Crippen molar-refractivity contribution in [3.63, 3.8) is 0 Å². The molecule has 0 aliphatic heterocycles. The first-order chi connectivity index (χ1) is 15.9.